The van der Waals surface area contributed by atoms with E-state index in [2.05, 4.69) is 11.9 Å². The molecule has 2 amide bonds. The van der Waals surface area contributed by atoms with E-state index in [1.54, 1.807) is 16.8 Å². The number of benzene rings is 2. The Morgan fingerprint density at radius 1 is 1.15 bits per heavy atom. The molecule has 0 bridgehead atoms. The highest BCUT2D eigenvalue weighted by molar-refractivity contribution is 7.99. The van der Waals surface area contributed by atoms with Crippen LogP contribution >= 0.6 is 35.6 Å². The standard InChI is InChI=1S/C24H19ClN4O2S2/c1-3-13-29-22(31)19(21(30)26-24(29)32)14-18-20(15-7-5-4-6-8-15)27-28(2)23(18)33-17-11-9-16(25)10-12-17/h3-12,14H,1,13H2,2H3,(H,26,30,32)/b19-14+. The van der Waals surface area contributed by atoms with Crippen LogP contribution in [-0.4, -0.2) is 38.2 Å². The number of halogens is 1. The van der Waals surface area contributed by atoms with Gasteiger partial charge in [0.05, 0.1) is 0 Å². The Bertz CT molecular complexity index is 1280. The first-order chi connectivity index (χ1) is 15.9. The third kappa shape index (κ3) is 4.78. The molecule has 6 nitrogen and oxygen atoms in total. The average molecular weight is 495 g/mol. The van der Waals surface area contributed by atoms with Crippen LogP contribution in [-0.2, 0) is 16.6 Å². The molecule has 1 aliphatic rings. The largest absolute Gasteiger partial charge is 0.298 e. The number of amides is 2. The van der Waals surface area contributed by atoms with Gasteiger partial charge < -0.3 is 0 Å². The SMILES string of the molecule is C=CCN1C(=O)/C(=C/c2c(-c3ccccc3)nn(C)c2Sc2ccc(Cl)cc2)C(=O)NC1=S. The molecule has 2 aromatic carbocycles. The number of carbonyl (C=O) groups excluding carboxylic acids is 2. The quantitative estimate of drug-likeness (QED) is 0.233. The predicted octanol–water partition coefficient (Wildman–Crippen LogP) is 4.70. The van der Waals surface area contributed by atoms with Crippen molar-refractivity contribution in [3.05, 3.63) is 83.4 Å². The molecule has 0 aliphatic carbocycles. The van der Waals surface area contributed by atoms with Crippen molar-refractivity contribution < 1.29 is 9.59 Å². The normalized spacial score (nSPS) is 15.2. The molecule has 2 heterocycles. The average Bonchev–Trinajstić information content (AvgIpc) is 3.11. The molecule has 166 valence electrons. The van der Waals surface area contributed by atoms with Gasteiger partial charge in [0.25, 0.3) is 11.8 Å². The summed E-state index contributed by atoms with van der Waals surface area (Å²) in [6, 6.07) is 17.0. The van der Waals surface area contributed by atoms with Gasteiger partial charge in [-0.3, -0.25) is 24.5 Å². The maximum Gasteiger partial charge on any atom is 0.265 e. The fourth-order valence-corrected chi connectivity index (χ4v) is 4.64. The van der Waals surface area contributed by atoms with Gasteiger partial charge in [0.2, 0.25) is 0 Å². The first kappa shape index (κ1) is 23.0. The lowest BCUT2D eigenvalue weighted by atomic mass is 10.0. The fourth-order valence-electron chi connectivity index (χ4n) is 3.33. The van der Waals surface area contributed by atoms with Gasteiger partial charge in [-0.15, -0.1) is 6.58 Å². The van der Waals surface area contributed by atoms with Crippen LogP contribution in [0.1, 0.15) is 5.56 Å². The monoisotopic (exact) mass is 494 g/mol. The van der Waals surface area contributed by atoms with Gasteiger partial charge in [0, 0.05) is 34.6 Å². The molecule has 0 atom stereocenters. The molecule has 1 aromatic heterocycles. The molecule has 1 N–H and O–H groups in total. The van der Waals surface area contributed by atoms with E-state index >= 15 is 0 Å². The first-order valence-electron chi connectivity index (χ1n) is 9.94. The van der Waals surface area contributed by atoms with Gasteiger partial charge in [0.1, 0.15) is 16.3 Å². The van der Waals surface area contributed by atoms with Crippen LogP contribution < -0.4 is 5.32 Å². The van der Waals surface area contributed by atoms with E-state index < -0.39 is 11.8 Å². The topological polar surface area (TPSA) is 67.2 Å². The van der Waals surface area contributed by atoms with Crippen LogP contribution in [0.25, 0.3) is 17.3 Å². The van der Waals surface area contributed by atoms with Gasteiger partial charge in [-0.25, -0.2) is 0 Å². The molecule has 1 aliphatic heterocycles. The molecular formula is C24H19ClN4O2S2. The molecule has 1 saturated heterocycles. The zero-order valence-corrected chi connectivity index (χ0v) is 20.0. The summed E-state index contributed by atoms with van der Waals surface area (Å²) in [6.07, 6.45) is 3.14. The molecule has 1 fully saturated rings. The molecule has 0 spiro atoms. The lowest BCUT2D eigenvalue weighted by Gasteiger charge is -2.27. The highest BCUT2D eigenvalue weighted by atomic mass is 35.5. The van der Waals surface area contributed by atoms with Gasteiger partial charge in [-0.2, -0.15) is 5.10 Å². The van der Waals surface area contributed by atoms with Gasteiger partial charge in [0.15, 0.2) is 5.11 Å². The van der Waals surface area contributed by atoms with Crippen LogP contribution in [0.5, 0.6) is 0 Å². The maximum atomic E-state index is 13.1. The number of hydrogen-bond donors (Lipinski definition) is 1. The second-order valence-electron chi connectivity index (χ2n) is 7.13. The molecule has 9 heteroatoms. The third-order valence-electron chi connectivity index (χ3n) is 4.89. The lowest BCUT2D eigenvalue weighted by molar-refractivity contribution is -0.128. The Labute approximate surface area is 205 Å². The van der Waals surface area contributed by atoms with Crippen molar-refractivity contribution in [3.63, 3.8) is 0 Å². The Balaban J connectivity index is 1.86. The summed E-state index contributed by atoms with van der Waals surface area (Å²) in [5, 5.41) is 8.77. The number of rotatable bonds is 6. The van der Waals surface area contributed by atoms with E-state index in [9.17, 15) is 9.59 Å². The Morgan fingerprint density at radius 3 is 2.52 bits per heavy atom. The van der Waals surface area contributed by atoms with Crippen LogP contribution in [0.15, 0.2) is 82.7 Å². The molecular weight excluding hydrogens is 476 g/mol. The second kappa shape index (κ2) is 9.74. The molecule has 0 saturated carbocycles. The maximum absolute atomic E-state index is 13.1. The lowest BCUT2D eigenvalue weighted by Crippen LogP contribution is -2.53. The first-order valence-corrected chi connectivity index (χ1v) is 11.5. The minimum Gasteiger partial charge on any atom is -0.298 e. The fraction of sp³-hybridized carbons (Fsp3) is 0.0833. The van der Waals surface area contributed by atoms with Crippen LogP contribution in [0.3, 0.4) is 0 Å². The summed E-state index contributed by atoms with van der Waals surface area (Å²) in [5.41, 5.74) is 2.17. The van der Waals surface area contributed by atoms with Crippen LogP contribution in [0.2, 0.25) is 5.02 Å². The number of hydrogen-bond acceptors (Lipinski definition) is 5. The summed E-state index contributed by atoms with van der Waals surface area (Å²) in [7, 11) is 1.83. The molecule has 4 rings (SSSR count). The van der Waals surface area contributed by atoms with E-state index in [4.69, 9.17) is 28.9 Å². The predicted molar refractivity (Wildman–Crippen MR) is 135 cm³/mol. The molecule has 0 radical (unpaired) electrons. The number of nitrogens with one attached hydrogen (secondary N) is 1. The summed E-state index contributed by atoms with van der Waals surface area (Å²) < 4.78 is 1.74. The van der Waals surface area contributed by atoms with Crippen molar-refractivity contribution in [3.8, 4) is 11.3 Å². The van der Waals surface area contributed by atoms with Crippen molar-refractivity contribution in [1.29, 1.82) is 0 Å². The zero-order valence-electron chi connectivity index (χ0n) is 17.6. The van der Waals surface area contributed by atoms with E-state index in [1.165, 1.54) is 16.7 Å². The minimum absolute atomic E-state index is 0.0198. The molecule has 0 unspecified atom stereocenters. The molecule has 3 aromatic rings. The minimum atomic E-state index is -0.546. The van der Waals surface area contributed by atoms with Crippen molar-refractivity contribution in [2.75, 3.05) is 6.54 Å². The van der Waals surface area contributed by atoms with Crippen molar-refractivity contribution in [2.24, 2.45) is 7.05 Å². The van der Waals surface area contributed by atoms with Crippen molar-refractivity contribution in [1.82, 2.24) is 20.0 Å². The number of thiocarbonyl (C=S) groups is 1. The van der Waals surface area contributed by atoms with E-state index in [0.717, 1.165) is 15.5 Å². The Morgan fingerprint density at radius 2 is 1.85 bits per heavy atom. The summed E-state index contributed by atoms with van der Waals surface area (Å²) >= 11 is 12.7. The second-order valence-corrected chi connectivity index (χ2v) is 9.02. The van der Waals surface area contributed by atoms with Crippen molar-refractivity contribution >= 4 is 58.6 Å². The summed E-state index contributed by atoms with van der Waals surface area (Å²) in [5.74, 6) is -1.02. The third-order valence-corrected chi connectivity index (χ3v) is 6.65. The Hall–Kier alpha value is -3.20. The zero-order chi connectivity index (χ0) is 23.5. The van der Waals surface area contributed by atoms with Gasteiger partial charge in [-0.1, -0.05) is 59.8 Å². The Kier molecular flexibility index (Phi) is 6.78. The van der Waals surface area contributed by atoms with Gasteiger partial charge >= 0.3 is 0 Å². The van der Waals surface area contributed by atoms with Crippen LogP contribution in [0.4, 0.5) is 0 Å². The van der Waals surface area contributed by atoms with E-state index in [-0.39, 0.29) is 17.2 Å². The smallest absolute Gasteiger partial charge is 0.265 e. The highest BCUT2D eigenvalue weighted by Crippen LogP contribution is 2.37. The van der Waals surface area contributed by atoms with E-state index in [1.807, 2.05) is 61.6 Å². The summed E-state index contributed by atoms with van der Waals surface area (Å²) in [4.78, 5) is 28.1. The van der Waals surface area contributed by atoms with Crippen molar-refractivity contribution in [2.45, 2.75) is 9.92 Å². The summed E-state index contributed by atoms with van der Waals surface area (Å²) in [6.45, 7) is 3.86. The number of aryl methyl sites for hydroxylation is 1. The van der Waals surface area contributed by atoms with Crippen LogP contribution in [0, 0.1) is 0 Å². The number of carbonyl (C=O) groups is 2. The number of aromatic nitrogens is 2. The molecule has 33 heavy (non-hydrogen) atoms. The number of nitrogens with zero attached hydrogens (tertiary/aromatic N) is 3. The van der Waals surface area contributed by atoms with Gasteiger partial charge in [-0.05, 0) is 42.6 Å². The van der Waals surface area contributed by atoms with E-state index in [0.29, 0.717) is 16.3 Å². The highest BCUT2D eigenvalue weighted by Gasteiger charge is 2.33.